The largest absolute Gasteiger partial charge is 0.298 e. The van der Waals surface area contributed by atoms with E-state index in [0.717, 1.165) is 22.4 Å². The van der Waals surface area contributed by atoms with E-state index in [1.807, 2.05) is 23.6 Å². The standard InChI is InChI=1S/C20H13ClN4O3S/c21-15-7-2-1-6-14(15)16-11-29-20(22-16)23-19(28)12-4-3-5-13(10-12)25-18(27)9-8-17(26)24-25/h1-11H,(H,24,26)(H,22,23,28). The SMILES string of the molecule is O=C(Nc1nc(-c2ccccc2Cl)cs1)c1cccc(-n2[nH]c(=O)ccc2=O)c1. The van der Waals surface area contributed by atoms with Gasteiger partial charge >= 0.3 is 0 Å². The fourth-order valence-corrected chi connectivity index (χ4v) is 3.63. The molecule has 4 rings (SSSR count). The second kappa shape index (κ2) is 7.86. The first-order valence-electron chi connectivity index (χ1n) is 8.46. The summed E-state index contributed by atoms with van der Waals surface area (Å²) in [7, 11) is 0. The van der Waals surface area contributed by atoms with Crippen molar-refractivity contribution in [3.8, 4) is 16.9 Å². The van der Waals surface area contributed by atoms with Crippen LogP contribution in [0.25, 0.3) is 16.9 Å². The lowest BCUT2D eigenvalue weighted by Crippen LogP contribution is -2.26. The van der Waals surface area contributed by atoms with E-state index in [-0.39, 0.29) is 0 Å². The maximum Gasteiger partial charge on any atom is 0.269 e. The summed E-state index contributed by atoms with van der Waals surface area (Å²) in [6, 6.07) is 16.0. The Morgan fingerprint density at radius 3 is 2.72 bits per heavy atom. The third-order valence-corrected chi connectivity index (χ3v) is 5.15. The molecule has 2 N–H and O–H groups in total. The lowest BCUT2D eigenvalue weighted by Gasteiger charge is -2.07. The number of aromatic nitrogens is 3. The van der Waals surface area contributed by atoms with Crippen molar-refractivity contribution in [1.29, 1.82) is 0 Å². The number of halogens is 1. The van der Waals surface area contributed by atoms with E-state index in [1.54, 1.807) is 24.3 Å². The second-order valence-electron chi connectivity index (χ2n) is 6.01. The summed E-state index contributed by atoms with van der Waals surface area (Å²) in [4.78, 5) is 40.5. The molecule has 0 saturated heterocycles. The molecule has 9 heteroatoms. The highest BCUT2D eigenvalue weighted by Crippen LogP contribution is 2.30. The maximum absolute atomic E-state index is 12.6. The molecular formula is C20H13ClN4O3S. The zero-order valence-corrected chi connectivity index (χ0v) is 16.3. The summed E-state index contributed by atoms with van der Waals surface area (Å²) in [6.45, 7) is 0. The molecule has 0 spiro atoms. The van der Waals surface area contributed by atoms with Crippen LogP contribution in [0.15, 0.2) is 75.6 Å². The van der Waals surface area contributed by atoms with Gasteiger partial charge in [0, 0.05) is 33.7 Å². The summed E-state index contributed by atoms with van der Waals surface area (Å²) >= 11 is 7.47. The molecule has 144 valence electrons. The van der Waals surface area contributed by atoms with E-state index in [4.69, 9.17) is 11.6 Å². The number of hydrogen-bond donors (Lipinski definition) is 2. The molecule has 0 fully saturated rings. The predicted molar refractivity (Wildman–Crippen MR) is 113 cm³/mol. The van der Waals surface area contributed by atoms with Crippen molar-refractivity contribution in [2.24, 2.45) is 0 Å². The first-order valence-corrected chi connectivity index (χ1v) is 9.71. The molecule has 29 heavy (non-hydrogen) atoms. The third-order valence-electron chi connectivity index (χ3n) is 4.06. The van der Waals surface area contributed by atoms with E-state index in [9.17, 15) is 14.4 Å². The number of rotatable bonds is 4. The lowest BCUT2D eigenvalue weighted by atomic mass is 10.2. The molecule has 0 radical (unpaired) electrons. The minimum Gasteiger partial charge on any atom is -0.298 e. The predicted octanol–water partition coefficient (Wildman–Crippen LogP) is 3.56. The van der Waals surface area contributed by atoms with Gasteiger partial charge in [-0.3, -0.25) is 24.8 Å². The lowest BCUT2D eigenvalue weighted by molar-refractivity contribution is 0.102. The van der Waals surface area contributed by atoms with Gasteiger partial charge in [0.15, 0.2) is 5.13 Å². The van der Waals surface area contributed by atoms with Crippen molar-refractivity contribution in [3.63, 3.8) is 0 Å². The van der Waals surface area contributed by atoms with Gasteiger partial charge in [-0.25, -0.2) is 9.67 Å². The Kier molecular flexibility index (Phi) is 5.11. The van der Waals surface area contributed by atoms with E-state index in [0.29, 0.717) is 27.1 Å². The molecule has 2 aromatic heterocycles. The fourth-order valence-electron chi connectivity index (χ4n) is 2.70. The molecule has 0 aliphatic carbocycles. The Morgan fingerprint density at radius 2 is 1.90 bits per heavy atom. The Morgan fingerprint density at radius 1 is 1.07 bits per heavy atom. The maximum atomic E-state index is 12.6. The van der Waals surface area contributed by atoms with Crippen LogP contribution in [0.3, 0.4) is 0 Å². The number of hydrogen-bond acceptors (Lipinski definition) is 5. The van der Waals surface area contributed by atoms with Crippen LogP contribution in [-0.2, 0) is 0 Å². The molecule has 0 saturated carbocycles. The average Bonchev–Trinajstić information content (AvgIpc) is 3.18. The fraction of sp³-hybridized carbons (Fsp3) is 0. The highest BCUT2D eigenvalue weighted by atomic mass is 35.5. The van der Waals surface area contributed by atoms with Crippen molar-refractivity contribution in [2.45, 2.75) is 0 Å². The van der Waals surface area contributed by atoms with Crippen LogP contribution in [0.1, 0.15) is 10.4 Å². The molecule has 4 aromatic rings. The molecule has 0 atom stereocenters. The van der Waals surface area contributed by atoms with Gasteiger partial charge in [-0.05, 0) is 24.3 Å². The molecule has 7 nitrogen and oxygen atoms in total. The number of thiazole rings is 1. The summed E-state index contributed by atoms with van der Waals surface area (Å²) in [5.41, 5.74) is 1.30. The van der Waals surface area contributed by atoms with Crippen LogP contribution in [0.4, 0.5) is 5.13 Å². The molecule has 2 heterocycles. The Hall–Kier alpha value is -3.49. The van der Waals surface area contributed by atoms with Crippen LogP contribution in [-0.4, -0.2) is 20.7 Å². The number of carbonyl (C=O) groups excluding carboxylic acids is 1. The number of benzene rings is 2. The number of nitrogens with one attached hydrogen (secondary N) is 2. The van der Waals surface area contributed by atoms with Gasteiger partial charge in [-0.1, -0.05) is 35.9 Å². The third kappa shape index (κ3) is 4.03. The first-order chi connectivity index (χ1) is 14.0. The van der Waals surface area contributed by atoms with Crippen LogP contribution in [0.5, 0.6) is 0 Å². The molecule has 1 amide bonds. The van der Waals surface area contributed by atoms with Gasteiger partial charge < -0.3 is 0 Å². The molecule has 2 aromatic carbocycles. The zero-order chi connectivity index (χ0) is 20.4. The summed E-state index contributed by atoms with van der Waals surface area (Å²) in [5, 5.41) is 7.97. The quantitative estimate of drug-likeness (QED) is 0.523. The van der Waals surface area contributed by atoms with Crippen molar-refractivity contribution in [1.82, 2.24) is 14.8 Å². The van der Waals surface area contributed by atoms with Crippen molar-refractivity contribution >= 4 is 34.0 Å². The Labute approximate surface area is 173 Å². The van der Waals surface area contributed by atoms with E-state index >= 15 is 0 Å². The minimum atomic E-state index is -0.422. The van der Waals surface area contributed by atoms with Crippen molar-refractivity contribution in [2.75, 3.05) is 5.32 Å². The monoisotopic (exact) mass is 424 g/mol. The molecular weight excluding hydrogens is 412 g/mol. The molecule has 0 unspecified atom stereocenters. The van der Waals surface area contributed by atoms with Crippen LogP contribution in [0, 0.1) is 0 Å². The van der Waals surface area contributed by atoms with Crippen molar-refractivity contribution < 1.29 is 4.79 Å². The molecule has 0 bridgehead atoms. The zero-order valence-electron chi connectivity index (χ0n) is 14.8. The van der Waals surface area contributed by atoms with Gasteiger partial charge in [0.25, 0.3) is 17.0 Å². The van der Waals surface area contributed by atoms with Gasteiger partial charge in [0.2, 0.25) is 0 Å². The summed E-state index contributed by atoms with van der Waals surface area (Å²) in [5.74, 6) is -0.391. The highest BCUT2D eigenvalue weighted by Gasteiger charge is 2.12. The summed E-state index contributed by atoms with van der Waals surface area (Å²) < 4.78 is 1.08. The van der Waals surface area contributed by atoms with Gasteiger partial charge in [-0.15, -0.1) is 11.3 Å². The van der Waals surface area contributed by atoms with Crippen LogP contribution < -0.4 is 16.4 Å². The second-order valence-corrected chi connectivity index (χ2v) is 7.27. The smallest absolute Gasteiger partial charge is 0.269 e. The first kappa shape index (κ1) is 18.9. The number of H-pyrrole nitrogens is 1. The highest BCUT2D eigenvalue weighted by molar-refractivity contribution is 7.14. The normalized spacial score (nSPS) is 10.7. The van der Waals surface area contributed by atoms with Gasteiger partial charge in [0.05, 0.1) is 11.4 Å². The van der Waals surface area contributed by atoms with E-state index in [2.05, 4.69) is 15.4 Å². The van der Waals surface area contributed by atoms with Crippen molar-refractivity contribution in [3.05, 3.63) is 97.3 Å². The van der Waals surface area contributed by atoms with Gasteiger partial charge in [0.1, 0.15) is 0 Å². The van der Waals surface area contributed by atoms with E-state index < -0.39 is 17.0 Å². The molecule has 0 aliphatic rings. The average molecular weight is 425 g/mol. The van der Waals surface area contributed by atoms with E-state index in [1.165, 1.54) is 17.4 Å². The number of aromatic amines is 1. The number of anilines is 1. The number of amides is 1. The minimum absolute atomic E-state index is 0.314. The van der Waals surface area contributed by atoms with Crippen LogP contribution >= 0.6 is 22.9 Å². The molecule has 0 aliphatic heterocycles. The Bertz CT molecular complexity index is 1330. The Balaban J connectivity index is 1.59. The number of carbonyl (C=O) groups is 1. The summed E-state index contributed by atoms with van der Waals surface area (Å²) in [6.07, 6.45) is 0. The topological polar surface area (TPSA) is 96.8 Å². The van der Waals surface area contributed by atoms with Gasteiger partial charge in [-0.2, -0.15) is 0 Å². The number of nitrogens with zero attached hydrogens (tertiary/aromatic N) is 2. The van der Waals surface area contributed by atoms with Crippen LogP contribution in [0.2, 0.25) is 5.02 Å².